The molecule has 0 radical (unpaired) electrons. The summed E-state index contributed by atoms with van der Waals surface area (Å²) >= 11 is 3.29. The van der Waals surface area contributed by atoms with E-state index >= 15 is 0 Å². The van der Waals surface area contributed by atoms with E-state index in [4.69, 9.17) is 0 Å². The average molecular weight is 298 g/mol. The van der Waals surface area contributed by atoms with Gasteiger partial charge in [0.05, 0.1) is 22.1 Å². The first kappa shape index (κ1) is 11.8. The van der Waals surface area contributed by atoms with Gasteiger partial charge in [-0.2, -0.15) is 10.2 Å². The van der Waals surface area contributed by atoms with Crippen molar-refractivity contribution in [2.24, 2.45) is 14.1 Å². The van der Waals surface area contributed by atoms with Gasteiger partial charge in [-0.05, 0) is 22.9 Å². The molecule has 17 heavy (non-hydrogen) atoms. The van der Waals surface area contributed by atoms with Gasteiger partial charge in [-0.1, -0.05) is 0 Å². The molecule has 6 nitrogen and oxygen atoms in total. The van der Waals surface area contributed by atoms with Crippen LogP contribution in [-0.4, -0.2) is 25.5 Å². The highest BCUT2D eigenvalue weighted by Crippen LogP contribution is 2.18. The van der Waals surface area contributed by atoms with Crippen molar-refractivity contribution in [3.05, 3.63) is 28.3 Å². The third-order valence-corrected chi connectivity index (χ3v) is 2.95. The Bertz CT molecular complexity index is 552. The topological polar surface area (TPSA) is 64.7 Å². The first-order chi connectivity index (χ1) is 7.99. The SMILES string of the molecule is Cc1nn(C)cc1NC(=O)c1c(Br)cnn1C. The molecule has 90 valence electrons. The monoisotopic (exact) mass is 297 g/mol. The van der Waals surface area contributed by atoms with E-state index in [1.54, 1.807) is 24.1 Å². The van der Waals surface area contributed by atoms with Crippen LogP contribution in [0.15, 0.2) is 16.9 Å². The number of hydrogen-bond donors (Lipinski definition) is 1. The average Bonchev–Trinajstić information content (AvgIpc) is 2.71. The predicted octanol–water partition coefficient (Wildman–Crippen LogP) is 1.48. The maximum atomic E-state index is 12.0. The molecule has 2 aromatic heterocycles. The standard InChI is InChI=1S/C10H12BrN5O/c1-6-8(5-15(2)14-6)13-10(17)9-7(11)4-12-16(9)3/h4-5H,1-3H3,(H,13,17). The molecule has 0 unspecified atom stereocenters. The van der Waals surface area contributed by atoms with Gasteiger partial charge in [-0.3, -0.25) is 14.2 Å². The first-order valence-electron chi connectivity index (χ1n) is 4.98. The normalized spacial score (nSPS) is 10.6. The lowest BCUT2D eigenvalue weighted by Crippen LogP contribution is -2.16. The zero-order valence-electron chi connectivity index (χ0n) is 9.73. The summed E-state index contributed by atoms with van der Waals surface area (Å²) in [7, 11) is 3.53. The van der Waals surface area contributed by atoms with E-state index in [0.717, 1.165) is 5.69 Å². The van der Waals surface area contributed by atoms with E-state index in [0.29, 0.717) is 15.9 Å². The molecule has 0 aliphatic carbocycles. The van der Waals surface area contributed by atoms with Gasteiger partial charge in [-0.15, -0.1) is 0 Å². The summed E-state index contributed by atoms with van der Waals surface area (Å²) in [6.45, 7) is 1.84. The van der Waals surface area contributed by atoms with Crippen LogP contribution >= 0.6 is 15.9 Å². The van der Waals surface area contributed by atoms with Gasteiger partial charge in [0.25, 0.3) is 5.91 Å². The van der Waals surface area contributed by atoms with E-state index in [1.807, 2.05) is 14.0 Å². The van der Waals surface area contributed by atoms with Crippen molar-refractivity contribution in [3.8, 4) is 0 Å². The Morgan fingerprint density at radius 2 is 2.18 bits per heavy atom. The summed E-state index contributed by atoms with van der Waals surface area (Å²) in [5, 5.41) is 11.0. The Hall–Kier alpha value is -1.63. The van der Waals surface area contributed by atoms with Crippen molar-refractivity contribution in [3.63, 3.8) is 0 Å². The fraction of sp³-hybridized carbons (Fsp3) is 0.300. The summed E-state index contributed by atoms with van der Waals surface area (Å²) in [5.74, 6) is -0.215. The summed E-state index contributed by atoms with van der Waals surface area (Å²) in [5.41, 5.74) is 1.96. The molecular weight excluding hydrogens is 286 g/mol. The third-order valence-electron chi connectivity index (χ3n) is 2.37. The zero-order valence-corrected chi connectivity index (χ0v) is 11.3. The highest BCUT2D eigenvalue weighted by atomic mass is 79.9. The minimum Gasteiger partial charge on any atom is -0.318 e. The van der Waals surface area contributed by atoms with Crippen LogP contribution < -0.4 is 5.32 Å². The Labute approximate surface area is 107 Å². The molecular formula is C10H12BrN5O. The van der Waals surface area contributed by atoms with Crippen molar-refractivity contribution in [1.82, 2.24) is 19.6 Å². The first-order valence-corrected chi connectivity index (χ1v) is 5.77. The number of aryl methyl sites for hydroxylation is 3. The molecule has 0 aliphatic rings. The predicted molar refractivity (Wildman–Crippen MR) is 66.8 cm³/mol. The second kappa shape index (κ2) is 4.33. The molecule has 0 saturated carbocycles. The largest absolute Gasteiger partial charge is 0.318 e. The van der Waals surface area contributed by atoms with Crippen LogP contribution in [0.1, 0.15) is 16.2 Å². The van der Waals surface area contributed by atoms with Crippen LogP contribution in [0.25, 0.3) is 0 Å². The lowest BCUT2D eigenvalue weighted by atomic mass is 10.3. The fourth-order valence-corrected chi connectivity index (χ4v) is 2.10. The molecule has 0 aromatic carbocycles. The van der Waals surface area contributed by atoms with E-state index in [1.165, 1.54) is 4.68 Å². The zero-order chi connectivity index (χ0) is 12.6. The molecule has 2 rings (SSSR count). The Kier molecular flexibility index (Phi) is 3.01. The number of carbonyl (C=O) groups is 1. The number of rotatable bonds is 2. The Morgan fingerprint density at radius 1 is 1.47 bits per heavy atom. The van der Waals surface area contributed by atoms with Gasteiger partial charge in [0.15, 0.2) is 0 Å². The van der Waals surface area contributed by atoms with Crippen molar-refractivity contribution in [2.75, 3.05) is 5.32 Å². The van der Waals surface area contributed by atoms with Gasteiger partial charge in [0, 0.05) is 20.3 Å². The molecule has 0 atom stereocenters. The molecule has 2 aromatic rings. The van der Waals surface area contributed by atoms with E-state index in [2.05, 4.69) is 31.4 Å². The lowest BCUT2D eigenvalue weighted by molar-refractivity contribution is 0.101. The minimum atomic E-state index is -0.215. The summed E-state index contributed by atoms with van der Waals surface area (Å²) in [6, 6.07) is 0. The molecule has 0 aliphatic heterocycles. The fourth-order valence-electron chi connectivity index (χ4n) is 1.57. The summed E-state index contributed by atoms with van der Waals surface area (Å²) in [6.07, 6.45) is 3.35. The number of anilines is 1. The molecule has 0 saturated heterocycles. The second-order valence-electron chi connectivity index (χ2n) is 3.72. The van der Waals surface area contributed by atoms with Gasteiger partial charge < -0.3 is 5.32 Å². The lowest BCUT2D eigenvalue weighted by Gasteiger charge is -2.04. The number of halogens is 1. The van der Waals surface area contributed by atoms with E-state index < -0.39 is 0 Å². The summed E-state index contributed by atoms with van der Waals surface area (Å²) in [4.78, 5) is 12.0. The molecule has 1 N–H and O–H groups in total. The molecule has 7 heteroatoms. The van der Waals surface area contributed by atoms with Crippen LogP contribution in [0.2, 0.25) is 0 Å². The number of nitrogens with zero attached hydrogens (tertiary/aromatic N) is 4. The highest BCUT2D eigenvalue weighted by Gasteiger charge is 2.16. The van der Waals surface area contributed by atoms with Gasteiger partial charge in [-0.25, -0.2) is 0 Å². The minimum absolute atomic E-state index is 0.215. The van der Waals surface area contributed by atoms with Gasteiger partial charge in [0.1, 0.15) is 5.69 Å². The highest BCUT2D eigenvalue weighted by molar-refractivity contribution is 9.10. The molecule has 1 amide bonds. The van der Waals surface area contributed by atoms with Crippen LogP contribution in [0, 0.1) is 6.92 Å². The Balaban J connectivity index is 2.26. The number of carbonyl (C=O) groups excluding carboxylic acids is 1. The number of nitrogens with one attached hydrogen (secondary N) is 1. The molecule has 0 bridgehead atoms. The number of amides is 1. The number of hydrogen-bond acceptors (Lipinski definition) is 3. The molecule has 0 spiro atoms. The van der Waals surface area contributed by atoms with Crippen molar-refractivity contribution >= 4 is 27.5 Å². The van der Waals surface area contributed by atoms with E-state index in [9.17, 15) is 4.79 Å². The van der Waals surface area contributed by atoms with E-state index in [-0.39, 0.29) is 5.91 Å². The molecule has 0 fully saturated rings. The third kappa shape index (κ3) is 2.23. The van der Waals surface area contributed by atoms with Gasteiger partial charge in [0.2, 0.25) is 0 Å². The maximum Gasteiger partial charge on any atom is 0.275 e. The van der Waals surface area contributed by atoms with Crippen LogP contribution in [0.4, 0.5) is 5.69 Å². The summed E-state index contributed by atoms with van der Waals surface area (Å²) < 4.78 is 3.84. The van der Waals surface area contributed by atoms with Crippen molar-refractivity contribution in [1.29, 1.82) is 0 Å². The van der Waals surface area contributed by atoms with Gasteiger partial charge >= 0.3 is 0 Å². The smallest absolute Gasteiger partial charge is 0.275 e. The van der Waals surface area contributed by atoms with Crippen LogP contribution in [-0.2, 0) is 14.1 Å². The number of aromatic nitrogens is 4. The van der Waals surface area contributed by atoms with Crippen LogP contribution in [0.3, 0.4) is 0 Å². The van der Waals surface area contributed by atoms with Crippen molar-refractivity contribution < 1.29 is 4.79 Å². The second-order valence-corrected chi connectivity index (χ2v) is 4.58. The maximum absolute atomic E-state index is 12.0. The quantitative estimate of drug-likeness (QED) is 0.913. The van der Waals surface area contributed by atoms with Crippen LogP contribution in [0.5, 0.6) is 0 Å². The van der Waals surface area contributed by atoms with Crippen molar-refractivity contribution in [2.45, 2.75) is 6.92 Å². The molecule has 2 heterocycles. The Morgan fingerprint density at radius 3 is 2.65 bits per heavy atom.